The summed E-state index contributed by atoms with van der Waals surface area (Å²) in [6, 6.07) is 3.22. The van der Waals surface area contributed by atoms with Crippen LogP contribution in [0.5, 0.6) is 0 Å². The third kappa shape index (κ3) is 3.44. The van der Waals surface area contributed by atoms with Gasteiger partial charge < -0.3 is 4.74 Å². The molecule has 1 saturated carbocycles. The van der Waals surface area contributed by atoms with Crippen LogP contribution in [0.15, 0.2) is 0 Å². The molecule has 2 rings (SSSR count). The van der Waals surface area contributed by atoms with E-state index in [0.717, 1.165) is 19.7 Å². The third-order valence-corrected chi connectivity index (χ3v) is 3.95. The van der Waals surface area contributed by atoms with Crippen molar-refractivity contribution in [1.29, 1.82) is 5.26 Å². The van der Waals surface area contributed by atoms with E-state index in [1.165, 1.54) is 25.7 Å². The highest BCUT2D eigenvalue weighted by Crippen LogP contribution is 2.28. The van der Waals surface area contributed by atoms with Crippen LogP contribution in [0.25, 0.3) is 0 Å². The quantitative estimate of drug-likeness (QED) is 0.823. The summed E-state index contributed by atoms with van der Waals surface area (Å²) in [6.45, 7) is 6.81. The van der Waals surface area contributed by atoms with Gasteiger partial charge in [-0.1, -0.05) is 12.8 Å². The number of nitrogens with zero attached hydrogens (tertiary/aromatic N) is 2. The molecule has 4 nitrogen and oxygen atoms in total. The summed E-state index contributed by atoms with van der Waals surface area (Å²) in [7, 11) is 0. The second kappa shape index (κ2) is 6.51. The molecule has 0 radical (unpaired) electrons. The van der Waals surface area contributed by atoms with Gasteiger partial charge in [-0.05, 0) is 26.7 Å². The normalized spacial score (nSPS) is 30.8. The Labute approximate surface area is 110 Å². The van der Waals surface area contributed by atoms with E-state index in [9.17, 15) is 5.26 Å². The van der Waals surface area contributed by atoms with E-state index in [2.05, 4.69) is 30.1 Å². The first-order valence-electron chi connectivity index (χ1n) is 7.22. The molecule has 0 amide bonds. The van der Waals surface area contributed by atoms with Gasteiger partial charge in [-0.25, -0.2) is 0 Å². The van der Waals surface area contributed by atoms with E-state index in [0.29, 0.717) is 18.2 Å². The van der Waals surface area contributed by atoms with Crippen LogP contribution in [0.2, 0.25) is 0 Å². The highest BCUT2D eigenvalue weighted by molar-refractivity contribution is 4.96. The van der Waals surface area contributed by atoms with Gasteiger partial charge in [0.1, 0.15) is 6.04 Å². The topological polar surface area (TPSA) is 48.3 Å². The monoisotopic (exact) mass is 251 g/mol. The molecule has 1 aliphatic heterocycles. The highest BCUT2D eigenvalue weighted by Gasteiger charge is 2.34. The first kappa shape index (κ1) is 13.8. The summed E-state index contributed by atoms with van der Waals surface area (Å²) in [4.78, 5) is 2.47. The Balaban J connectivity index is 1.92. The van der Waals surface area contributed by atoms with Crippen molar-refractivity contribution < 1.29 is 4.74 Å². The van der Waals surface area contributed by atoms with Crippen molar-refractivity contribution in [2.75, 3.05) is 19.7 Å². The van der Waals surface area contributed by atoms with Crippen LogP contribution in [-0.4, -0.2) is 48.8 Å². The zero-order valence-corrected chi connectivity index (χ0v) is 11.6. The first-order chi connectivity index (χ1) is 8.70. The minimum atomic E-state index is -0.0642. The molecule has 1 aliphatic carbocycles. The van der Waals surface area contributed by atoms with Crippen LogP contribution < -0.4 is 5.32 Å². The average molecular weight is 251 g/mol. The number of hydrogen-bond donors (Lipinski definition) is 1. The molecule has 0 bridgehead atoms. The maximum Gasteiger partial charge on any atom is 0.108 e. The Morgan fingerprint density at radius 3 is 2.89 bits per heavy atom. The van der Waals surface area contributed by atoms with Crippen LogP contribution in [-0.2, 0) is 4.74 Å². The molecule has 3 unspecified atom stereocenters. The average Bonchev–Trinajstić information content (AvgIpc) is 2.38. The van der Waals surface area contributed by atoms with Gasteiger partial charge in [-0.2, -0.15) is 5.26 Å². The maximum absolute atomic E-state index is 9.23. The number of morpholine rings is 1. The molecule has 102 valence electrons. The Morgan fingerprint density at radius 1 is 1.39 bits per heavy atom. The van der Waals surface area contributed by atoms with Gasteiger partial charge in [0, 0.05) is 25.2 Å². The molecule has 18 heavy (non-hydrogen) atoms. The molecular formula is C14H25N3O. The van der Waals surface area contributed by atoms with Gasteiger partial charge in [0.15, 0.2) is 0 Å². The van der Waals surface area contributed by atoms with E-state index < -0.39 is 0 Å². The number of hydrogen-bond acceptors (Lipinski definition) is 4. The van der Waals surface area contributed by atoms with E-state index in [1.807, 2.05) is 0 Å². The van der Waals surface area contributed by atoms with E-state index >= 15 is 0 Å². The van der Waals surface area contributed by atoms with Gasteiger partial charge in [-0.3, -0.25) is 10.2 Å². The second-order valence-electron chi connectivity index (χ2n) is 5.76. The van der Waals surface area contributed by atoms with Crippen LogP contribution >= 0.6 is 0 Å². The summed E-state index contributed by atoms with van der Waals surface area (Å²) in [5, 5.41) is 12.6. The standard InChI is InChI=1S/C14H25N3O/c1-11(2)16-12(9-15)10-17-7-8-18-14-6-4-3-5-13(14)17/h11-14,16H,3-8,10H2,1-2H3. The third-order valence-electron chi connectivity index (χ3n) is 3.95. The fraction of sp³-hybridized carbons (Fsp3) is 0.929. The summed E-state index contributed by atoms with van der Waals surface area (Å²) in [6.07, 6.45) is 5.42. The van der Waals surface area contributed by atoms with Crippen molar-refractivity contribution in [3.8, 4) is 6.07 Å². The molecule has 0 aromatic carbocycles. The molecule has 0 aromatic heterocycles. The first-order valence-corrected chi connectivity index (χ1v) is 7.22. The Bertz CT molecular complexity index is 298. The van der Waals surface area contributed by atoms with Crippen molar-refractivity contribution >= 4 is 0 Å². The fourth-order valence-electron chi connectivity index (χ4n) is 3.17. The predicted octanol–water partition coefficient (Wildman–Crippen LogP) is 1.52. The lowest BCUT2D eigenvalue weighted by Crippen LogP contribution is -2.56. The highest BCUT2D eigenvalue weighted by atomic mass is 16.5. The van der Waals surface area contributed by atoms with Gasteiger partial charge >= 0.3 is 0 Å². The van der Waals surface area contributed by atoms with E-state index in [4.69, 9.17) is 4.74 Å². The number of fused-ring (bicyclic) bond motifs is 1. The van der Waals surface area contributed by atoms with Gasteiger partial charge in [-0.15, -0.1) is 0 Å². The Hall–Kier alpha value is -0.630. The summed E-state index contributed by atoms with van der Waals surface area (Å²) in [5.74, 6) is 0. The molecule has 0 spiro atoms. The molecule has 1 heterocycles. The van der Waals surface area contributed by atoms with Crippen molar-refractivity contribution in [3.63, 3.8) is 0 Å². The molecule has 3 atom stereocenters. The lowest BCUT2D eigenvalue weighted by Gasteiger charge is -2.44. The van der Waals surface area contributed by atoms with Gasteiger partial charge in [0.25, 0.3) is 0 Å². The molecule has 0 aromatic rings. The van der Waals surface area contributed by atoms with E-state index in [1.54, 1.807) is 0 Å². The van der Waals surface area contributed by atoms with Crippen LogP contribution in [0.3, 0.4) is 0 Å². The van der Waals surface area contributed by atoms with Crippen LogP contribution in [0.4, 0.5) is 0 Å². The molecule has 2 aliphatic rings. The number of ether oxygens (including phenoxy) is 1. The lowest BCUT2D eigenvalue weighted by atomic mass is 9.90. The molecular weight excluding hydrogens is 226 g/mol. The molecule has 1 N–H and O–H groups in total. The fourth-order valence-corrected chi connectivity index (χ4v) is 3.17. The van der Waals surface area contributed by atoms with Crippen LogP contribution in [0.1, 0.15) is 39.5 Å². The largest absolute Gasteiger partial charge is 0.375 e. The molecule has 2 fully saturated rings. The van der Waals surface area contributed by atoms with Crippen molar-refractivity contribution in [2.24, 2.45) is 0 Å². The summed E-state index contributed by atoms with van der Waals surface area (Å²) >= 11 is 0. The second-order valence-corrected chi connectivity index (χ2v) is 5.76. The van der Waals surface area contributed by atoms with Crippen molar-refractivity contribution in [1.82, 2.24) is 10.2 Å². The van der Waals surface area contributed by atoms with E-state index in [-0.39, 0.29) is 6.04 Å². The van der Waals surface area contributed by atoms with Gasteiger partial charge in [0.05, 0.1) is 18.8 Å². The minimum Gasteiger partial charge on any atom is -0.375 e. The van der Waals surface area contributed by atoms with Crippen molar-refractivity contribution in [3.05, 3.63) is 0 Å². The van der Waals surface area contributed by atoms with Crippen LogP contribution in [0, 0.1) is 11.3 Å². The zero-order valence-electron chi connectivity index (χ0n) is 11.6. The van der Waals surface area contributed by atoms with Gasteiger partial charge in [0.2, 0.25) is 0 Å². The zero-order chi connectivity index (χ0) is 13.0. The minimum absolute atomic E-state index is 0.0642. The summed E-state index contributed by atoms with van der Waals surface area (Å²) < 4.78 is 5.86. The molecule has 4 heteroatoms. The Morgan fingerprint density at radius 2 is 2.17 bits per heavy atom. The van der Waals surface area contributed by atoms with Crippen molar-refractivity contribution in [2.45, 2.75) is 63.8 Å². The predicted molar refractivity (Wildman–Crippen MR) is 71.2 cm³/mol. The lowest BCUT2D eigenvalue weighted by molar-refractivity contribution is -0.0890. The Kier molecular flexibility index (Phi) is 4.99. The smallest absolute Gasteiger partial charge is 0.108 e. The number of nitrogens with one attached hydrogen (secondary N) is 1. The summed E-state index contributed by atoms with van der Waals surface area (Å²) in [5.41, 5.74) is 0. The maximum atomic E-state index is 9.23. The molecule has 1 saturated heterocycles. The number of nitriles is 1. The SMILES string of the molecule is CC(C)NC(C#N)CN1CCOC2CCCCC21. The number of rotatable bonds is 4.